The average molecular weight is 347 g/mol. The smallest absolute Gasteiger partial charge is 0.227 e. The van der Waals surface area contributed by atoms with Gasteiger partial charge in [-0.05, 0) is 31.5 Å². The van der Waals surface area contributed by atoms with E-state index in [1.807, 2.05) is 11.8 Å². The fourth-order valence-electron chi connectivity index (χ4n) is 2.89. The molecule has 1 aromatic heterocycles. The van der Waals surface area contributed by atoms with Crippen LogP contribution >= 0.6 is 11.3 Å². The molecule has 0 N–H and O–H groups in total. The van der Waals surface area contributed by atoms with Gasteiger partial charge in [-0.2, -0.15) is 0 Å². The number of aryl methyl sites for hydroxylation is 2. The topological polar surface area (TPSA) is 36.4 Å². The predicted octanol–water partition coefficient (Wildman–Crippen LogP) is 2.79. The van der Waals surface area contributed by atoms with Gasteiger partial charge in [0.25, 0.3) is 0 Å². The van der Waals surface area contributed by atoms with Crippen molar-refractivity contribution in [3.8, 4) is 0 Å². The summed E-state index contributed by atoms with van der Waals surface area (Å²) in [4.78, 5) is 22.4. The second kappa shape index (κ2) is 7.40. The number of rotatable bonds is 4. The van der Waals surface area contributed by atoms with Gasteiger partial charge in [0.2, 0.25) is 5.91 Å². The largest absolute Gasteiger partial charge is 0.340 e. The first-order valence-corrected chi connectivity index (χ1v) is 9.00. The minimum absolute atomic E-state index is 0.0705. The zero-order chi connectivity index (χ0) is 17.1. The molecule has 0 aliphatic carbocycles. The number of nitrogens with zero attached hydrogens (tertiary/aromatic N) is 3. The summed E-state index contributed by atoms with van der Waals surface area (Å²) in [5.74, 6) is -0.222. The van der Waals surface area contributed by atoms with Gasteiger partial charge in [-0.15, -0.1) is 11.3 Å². The van der Waals surface area contributed by atoms with E-state index in [9.17, 15) is 9.18 Å². The predicted molar refractivity (Wildman–Crippen MR) is 93.5 cm³/mol. The van der Waals surface area contributed by atoms with Crippen LogP contribution in [0.4, 0.5) is 4.39 Å². The molecular formula is C18H22FN3OS. The number of hydrogen-bond donors (Lipinski definition) is 0. The first-order chi connectivity index (χ1) is 11.5. The highest BCUT2D eigenvalue weighted by Gasteiger charge is 2.22. The van der Waals surface area contributed by atoms with Crippen LogP contribution in [0, 0.1) is 19.7 Å². The maximum absolute atomic E-state index is 13.2. The van der Waals surface area contributed by atoms with Gasteiger partial charge < -0.3 is 4.90 Å². The number of benzene rings is 1. The molecule has 4 nitrogen and oxygen atoms in total. The fraction of sp³-hybridized carbons (Fsp3) is 0.444. The van der Waals surface area contributed by atoms with Gasteiger partial charge in [0.05, 0.1) is 18.7 Å². The van der Waals surface area contributed by atoms with Crippen molar-refractivity contribution in [3.63, 3.8) is 0 Å². The maximum Gasteiger partial charge on any atom is 0.227 e. The highest BCUT2D eigenvalue weighted by atomic mass is 32.1. The summed E-state index contributed by atoms with van der Waals surface area (Å²) < 4.78 is 13.2. The number of aromatic nitrogens is 1. The van der Waals surface area contributed by atoms with Crippen molar-refractivity contribution >= 4 is 17.2 Å². The lowest BCUT2D eigenvalue weighted by molar-refractivity contribution is -0.132. The lowest BCUT2D eigenvalue weighted by atomic mass is 10.1. The van der Waals surface area contributed by atoms with Gasteiger partial charge in [0.1, 0.15) is 10.8 Å². The van der Waals surface area contributed by atoms with Gasteiger partial charge in [0.15, 0.2) is 0 Å². The highest BCUT2D eigenvalue weighted by Crippen LogP contribution is 2.19. The molecule has 1 amide bonds. The van der Waals surface area contributed by atoms with Crippen LogP contribution in [0.5, 0.6) is 0 Å². The zero-order valence-electron chi connectivity index (χ0n) is 14.1. The summed E-state index contributed by atoms with van der Waals surface area (Å²) in [6.07, 6.45) is 0.266. The van der Waals surface area contributed by atoms with Crippen molar-refractivity contribution in [2.45, 2.75) is 26.8 Å². The van der Waals surface area contributed by atoms with Crippen molar-refractivity contribution < 1.29 is 9.18 Å². The summed E-state index contributed by atoms with van der Waals surface area (Å²) >= 11 is 1.75. The molecule has 3 rings (SSSR count). The summed E-state index contributed by atoms with van der Waals surface area (Å²) in [5, 5.41) is 1.14. The fourth-order valence-corrected chi connectivity index (χ4v) is 3.86. The molecule has 1 aliphatic heterocycles. The number of piperazine rings is 1. The molecule has 6 heteroatoms. The minimum atomic E-state index is -0.292. The van der Waals surface area contributed by atoms with Crippen LogP contribution < -0.4 is 0 Å². The van der Waals surface area contributed by atoms with Gasteiger partial charge in [-0.3, -0.25) is 9.69 Å². The molecule has 128 valence electrons. The molecule has 1 aromatic carbocycles. The highest BCUT2D eigenvalue weighted by molar-refractivity contribution is 7.11. The molecule has 1 aliphatic rings. The second-order valence-electron chi connectivity index (χ2n) is 6.21. The van der Waals surface area contributed by atoms with Gasteiger partial charge in [0, 0.05) is 31.1 Å². The third kappa shape index (κ3) is 4.19. The van der Waals surface area contributed by atoms with E-state index >= 15 is 0 Å². The van der Waals surface area contributed by atoms with E-state index in [1.165, 1.54) is 17.0 Å². The van der Waals surface area contributed by atoms with E-state index in [0.29, 0.717) is 0 Å². The molecule has 24 heavy (non-hydrogen) atoms. The number of halogens is 1. The monoisotopic (exact) mass is 347 g/mol. The van der Waals surface area contributed by atoms with Crippen molar-refractivity contribution in [2.75, 3.05) is 26.2 Å². The third-order valence-electron chi connectivity index (χ3n) is 4.40. The standard InChI is InChI=1S/C18H22FN3OS/c1-13-14(2)24-17(20-13)12-21-6-8-22(9-7-21)18(23)11-15-4-3-5-16(19)10-15/h3-5,10H,6-9,11-12H2,1-2H3. The van der Waals surface area contributed by atoms with Crippen LogP contribution in [0.1, 0.15) is 21.1 Å². The molecule has 1 saturated heterocycles. The second-order valence-corrected chi connectivity index (χ2v) is 7.50. The Morgan fingerprint density at radius 1 is 1.25 bits per heavy atom. The van der Waals surface area contributed by atoms with E-state index in [2.05, 4.69) is 16.8 Å². The van der Waals surface area contributed by atoms with Crippen LogP contribution in [0.15, 0.2) is 24.3 Å². The number of carbonyl (C=O) groups is 1. The van der Waals surface area contributed by atoms with E-state index in [0.717, 1.165) is 49.0 Å². The van der Waals surface area contributed by atoms with Crippen molar-refractivity contribution in [1.29, 1.82) is 0 Å². The van der Waals surface area contributed by atoms with E-state index in [4.69, 9.17) is 0 Å². The molecule has 0 saturated carbocycles. The van der Waals surface area contributed by atoms with Crippen LogP contribution in [0.3, 0.4) is 0 Å². The van der Waals surface area contributed by atoms with E-state index in [1.54, 1.807) is 23.5 Å². The number of carbonyl (C=O) groups excluding carboxylic acids is 1. The van der Waals surface area contributed by atoms with Crippen molar-refractivity contribution in [2.24, 2.45) is 0 Å². The first kappa shape index (κ1) is 17.0. The Hall–Kier alpha value is -1.79. The van der Waals surface area contributed by atoms with E-state index < -0.39 is 0 Å². The number of hydrogen-bond acceptors (Lipinski definition) is 4. The Morgan fingerprint density at radius 3 is 2.62 bits per heavy atom. The normalized spacial score (nSPS) is 15.7. The average Bonchev–Trinajstić information content (AvgIpc) is 2.86. The molecule has 2 heterocycles. The van der Waals surface area contributed by atoms with Gasteiger partial charge >= 0.3 is 0 Å². The van der Waals surface area contributed by atoms with Gasteiger partial charge in [-0.1, -0.05) is 12.1 Å². The number of amides is 1. The van der Waals surface area contributed by atoms with Crippen LogP contribution in [0.2, 0.25) is 0 Å². The minimum Gasteiger partial charge on any atom is -0.340 e. The summed E-state index contributed by atoms with van der Waals surface area (Å²) in [6.45, 7) is 8.14. The quantitative estimate of drug-likeness (QED) is 0.853. The third-order valence-corrected chi connectivity index (χ3v) is 5.46. The zero-order valence-corrected chi connectivity index (χ0v) is 14.9. The van der Waals surface area contributed by atoms with Crippen LogP contribution in [0.25, 0.3) is 0 Å². The summed E-state index contributed by atoms with van der Waals surface area (Å²) in [6, 6.07) is 6.27. The summed E-state index contributed by atoms with van der Waals surface area (Å²) in [7, 11) is 0. The Labute approximate surface area is 145 Å². The molecule has 0 unspecified atom stereocenters. The van der Waals surface area contributed by atoms with Crippen LogP contribution in [-0.4, -0.2) is 46.9 Å². The molecule has 2 aromatic rings. The maximum atomic E-state index is 13.2. The summed E-state index contributed by atoms with van der Waals surface area (Å²) in [5.41, 5.74) is 1.84. The van der Waals surface area contributed by atoms with E-state index in [-0.39, 0.29) is 18.1 Å². The lowest BCUT2D eigenvalue weighted by Crippen LogP contribution is -2.48. The van der Waals surface area contributed by atoms with Crippen molar-refractivity contribution in [3.05, 3.63) is 51.2 Å². The first-order valence-electron chi connectivity index (χ1n) is 8.19. The Kier molecular flexibility index (Phi) is 5.26. The Balaban J connectivity index is 1.50. The Bertz CT molecular complexity index is 703. The van der Waals surface area contributed by atoms with Crippen molar-refractivity contribution in [1.82, 2.24) is 14.8 Å². The van der Waals surface area contributed by atoms with Gasteiger partial charge in [-0.25, -0.2) is 9.37 Å². The Morgan fingerprint density at radius 2 is 2.00 bits per heavy atom. The molecule has 1 fully saturated rings. The van der Waals surface area contributed by atoms with Crippen LogP contribution in [-0.2, 0) is 17.8 Å². The molecule has 0 radical (unpaired) electrons. The molecule has 0 spiro atoms. The SMILES string of the molecule is Cc1nc(CN2CCN(C(=O)Cc3cccc(F)c3)CC2)sc1C. The molecule has 0 atom stereocenters. The molecular weight excluding hydrogens is 325 g/mol. The lowest BCUT2D eigenvalue weighted by Gasteiger charge is -2.34. The number of thiazole rings is 1. The molecule has 0 bridgehead atoms.